The van der Waals surface area contributed by atoms with E-state index in [9.17, 15) is 0 Å². The number of nitrogen functional groups attached to an aromatic ring is 2. The first-order valence-electron chi connectivity index (χ1n) is 12.2. The molecule has 0 radical (unpaired) electrons. The van der Waals surface area contributed by atoms with Crippen LogP contribution in [0.1, 0.15) is 36.8 Å². The van der Waals surface area contributed by atoms with Crippen molar-refractivity contribution in [2.75, 3.05) is 61.9 Å². The molecule has 2 aromatic carbocycles. The van der Waals surface area contributed by atoms with Gasteiger partial charge in [0.25, 0.3) is 0 Å². The maximum atomic E-state index is 6.56. The fourth-order valence-corrected chi connectivity index (χ4v) is 4.51. The van der Waals surface area contributed by atoms with Crippen LogP contribution in [0.2, 0.25) is 0 Å². The SMILES string of the molecule is COc1c(N)c(CCCS)cc(-c2cc(CCCS)c(N)c(OC)c2OCCCS)c1OCCCS. The molecule has 0 aliphatic rings. The standard InChI is InChI=1S/C26H40N2O4S4/c1-29-25-21(27)17(7-3-11-33)15-19(23(25)31-9-5-13-35)20-16-18(8-4-12-34)22(28)26(30-2)24(20)32-10-6-14-36/h15-16,33-36H,3-14,27-28H2,1-2H3. The second-order valence-electron chi connectivity index (χ2n) is 8.22. The number of rotatable bonds is 17. The third-order valence-electron chi connectivity index (χ3n) is 5.72. The lowest BCUT2D eigenvalue weighted by atomic mass is 9.93. The summed E-state index contributed by atoms with van der Waals surface area (Å²) in [6.07, 6.45) is 4.81. The lowest BCUT2D eigenvalue weighted by Crippen LogP contribution is -2.09. The zero-order chi connectivity index (χ0) is 26.5. The van der Waals surface area contributed by atoms with Crippen LogP contribution in [0.25, 0.3) is 11.1 Å². The molecule has 2 rings (SSSR count). The molecule has 202 valence electrons. The van der Waals surface area contributed by atoms with E-state index in [-0.39, 0.29) is 0 Å². The van der Waals surface area contributed by atoms with Gasteiger partial charge in [-0.1, -0.05) is 0 Å². The van der Waals surface area contributed by atoms with E-state index in [0.717, 1.165) is 72.3 Å². The molecular weight excluding hydrogens is 533 g/mol. The van der Waals surface area contributed by atoms with Gasteiger partial charge >= 0.3 is 0 Å². The van der Waals surface area contributed by atoms with Gasteiger partial charge in [-0.3, -0.25) is 0 Å². The van der Waals surface area contributed by atoms with Gasteiger partial charge in [0, 0.05) is 11.1 Å². The summed E-state index contributed by atoms with van der Waals surface area (Å²) in [5.74, 6) is 5.06. The Morgan fingerprint density at radius 3 is 1.25 bits per heavy atom. The second-order valence-corrected chi connectivity index (χ2v) is 10.0. The van der Waals surface area contributed by atoms with Gasteiger partial charge in [-0.15, -0.1) is 0 Å². The van der Waals surface area contributed by atoms with Crippen LogP contribution in [-0.4, -0.2) is 50.4 Å². The predicted molar refractivity (Wildman–Crippen MR) is 166 cm³/mol. The summed E-state index contributed by atoms with van der Waals surface area (Å²) >= 11 is 17.4. The first-order chi connectivity index (χ1) is 17.5. The summed E-state index contributed by atoms with van der Waals surface area (Å²) in [6, 6.07) is 4.13. The third kappa shape index (κ3) is 7.82. The Morgan fingerprint density at radius 1 is 0.583 bits per heavy atom. The molecule has 0 amide bonds. The van der Waals surface area contributed by atoms with Crippen molar-refractivity contribution < 1.29 is 18.9 Å². The lowest BCUT2D eigenvalue weighted by molar-refractivity contribution is 0.292. The molecular formula is C26H40N2O4S4. The Hall–Kier alpha value is -1.36. The average molecular weight is 573 g/mol. The van der Waals surface area contributed by atoms with Crippen LogP contribution in [0.15, 0.2) is 12.1 Å². The van der Waals surface area contributed by atoms with Crippen LogP contribution >= 0.6 is 50.5 Å². The molecule has 0 aliphatic heterocycles. The molecule has 0 heterocycles. The van der Waals surface area contributed by atoms with E-state index in [1.165, 1.54) is 0 Å². The molecule has 0 saturated carbocycles. The van der Waals surface area contributed by atoms with Gasteiger partial charge in [-0.25, -0.2) is 0 Å². The van der Waals surface area contributed by atoms with E-state index in [2.05, 4.69) is 62.6 Å². The minimum absolute atomic E-state index is 0.469. The molecule has 6 nitrogen and oxygen atoms in total. The van der Waals surface area contributed by atoms with Crippen LogP contribution in [0.5, 0.6) is 23.0 Å². The quantitative estimate of drug-likeness (QED) is 0.0834. The van der Waals surface area contributed by atoms with Crippen LogP contribution in [0, 0.1) is 0 Å². The van der Waals surface area contributed by atoms with Gasteiger partial charge in [-0.05, 0) is 84.8 Å². The molecule has 36 heavy (non-hydrogen) atoms. The Kier molecular flexibility index (Phi) is 14.1. The molecule has 4 N–H and O–H groups in total. The highest BCUT2D eigenvalue weighted by Crippen LogP contribution is 2.51. The van der Waals surface area contributed by atoms with Crippen LogP contribution in [-0.2, 0) is 12.8 Å². The molecule has 0 fully saturated rings. The highest BCUT2D eigenvalue weighted by Gasteiger charge is 2.26. The molecule has 10 heteroatoms. The van der Waals surface area contributed by atoms with Gasteiger partial charge in [0.15, 0.2) is 23.0 Å². The topological polar surface area (TPSA) is 89.0 Å². The summed E-state index contributed by atoms with van der Waals surface area (Å²) in [5.41, 5.74) is 17.8. The van der Waals surface area contributed by atoms with Gasteiger partial charge in [0.2, 0.25) is 0 Å². The highest BCUT2D eigenvalue weighted by atomic mass is 32.1. The van der Waals surface area contributed by atoms with Gasteiger partial charge in [-0.2, -0.15) is 50.5 Å². The predicted octanol–water partition coefficient (Wildman–Crippen LogP) is 5.66. The minimum Gasteiger partial charge on any atom is -0.491 e. The Bertz CT molecular complexity index is 898. The number of hydrogen-bond donors (Lipinski definition) is 6. The molecule has 0 atom stereocenters. The largest absolute Gasteiger partial charge is 0.491 e. The van der Waals surface area contributed by atoms with Crippen LogP contribution in [0.3, 0.4) is 0 Å². The van der Waals surface area contributed by atoms with Crippen molar-refractivity contribution in [1.82, 2.24) is 0 Å². The number of methoxy groups -OCH3 is 2. The minimum atomic E-state index is 0.469. The first kappa shape index (κ1) is 30.9. The Morgan fingerprint density at radius 2 is 0.944 bits per heavy atom. The average Bonchev–Trinajstić information content (AvgIpc) is 2.88. The van der Waals surface area contributed by atoms with Crippen molar-refractivity contribution >= 4 is 61.9 Å². The fraction of sp³-hybridized carbons (Fsp3) is 0.538. The van der Waals surface area contributed by atoms with E-state index in [4.69, 9.17) is 30.4 Å². The summed E-state index contributed by atoms with van der Waals surface area (Å²) in [4.78, 5) is 0. The van der Waals surface area contributed by atoms with Crippen LogP contribution < -0.4 is 30.4 Å². The second kappa shape index (κ2) is 16.5. The van der Waals surface area contributed by atoms with E-state index in [1.54, 1.807) is 14.2 Å². The van der Waals surface area contributed by atoms with Gasteiger partial charge in [0.1, 0.15) is 0 Å². The molecule has 0 spiro atoms. The first-order valence-corrected chi connectivity index (χ1v) is 14.7. The lowest BCUT2D eigenvalue weighted by Gasteiger charge is -2.24. The highest BCUT2D eigenvalue weighted by molar-refractivity contribution is 7.80. The smallest absolute Gasteiger partial charge is 0.184 e. The van der Waals surface area contributed by atoms with Gasteiger partial charge in [0.05, 0.1) is 38.8 Å². The molecule has 0 saturated heterocycles. The third-order valence-corrected chi connectivity index (χ3v) is 6.99. The summed E-state index contributed by atoms with van der Waals surface area (Å²) < 4.78 is 24.2. The van der Waals surface area contributed by atoms with E-state index in [0.29, 0.717) is 59.1 Å². The molecule has 0 aliphatic carbocycles. The van der Waals surface area contributed by atoms with E-state index < -0.39 is 0 Å². The van der Waals surface area contributed by atoms with Crippen molar-refractivity contribution in [3.63, 3.8) is 0 Å². The Labute approximate surface area is 237 Å². The maximum absolute atomic E-state index is 6.56. The number of hydrogen-bond acceptors (Lipinski definition) is 10. The fourth-order valence-electron chi connectivity index (χ4n) is 3.94. The van der Waals surface area contributed by atoms with E-state index in [1.807, 2.05) is 0 Å². The molecule has 0 aromatic heterocycles. The number of nitrogens with two attached hydrogens (primary N) is 2. The zero-order valence-electron chi connectivity index (χ0n) is 21.2. The number of aryl methyl sites for hydroxylation is 2. The number of thiol groups is 4. The van der Waals surface area contributed by atoms with Crippen molar-refractivity contribution in [2.45, 2.75) is 38.5 Å². The number of ether oxygens (including phenoxy) is 4. The van der Waals surface area contributed by atoms with Gasteiger partial charge < -0.3 is 30.4 Å². The molecule has 0 bridgehead atoms. The zero-order valence-corrected chi connectivity index (χ0v) is 24.8. The van der Waals surface area contributed by atoms with E-state index >= 15 is 0 Å². The summed E-state index contributed by atoms with van der Waals surface area (Å²) in [7, 11) is 3.21. The monoisotopic (exact) mass is 572 g/mol. The van der Waals surface area contributed by atoms with Crippen molar-refractivity contribution in [3.8, 4) is 34.1 Å². The normalized spacial score (nSPS) is 10.9. The van der Waals surface area contributed by atoms with Crippen LogP contribution in [0.4, 0.5) is 11.4 Å². The molecule has 2 aromatic rings. The van der Waals surface area contributed by atoms with Crippen molar-refractivity contribution in [3.05, 3.63) is 23.3 Å². The summed E-state index contributed by atoms with van der Waals surface area (Å²) in [6.45, 7) is 0.938. The maximum Gasteiger partial charge on any atom is 0.184 e. The van der Waals surface area contributed by atoms with Crippen molar-refractivity contribution in [2.24, 2.45) is 0 Å². The summed E-state index contributed by atoms with van der Waals surface area (Å²) in [5, 5.41) is 0. The van der Waals surface area contributed by atoms with Crippen molar-refractivity contribution in [1.29, 1.82) is 0 Å². The number of benzene rings is 2. The Balaban J connectivity index is 2.87. The molecule has 0 unspecified atom stereocenters. The number of anilines is 2.